The maximum atomic E-state index is 13.9. The minimum Gasteiger partial charge on any atom is -0.378 e. The summed E-state index contributed by atoms with van der Waals surface area (Å²) in [7, 11) is 0. The number of rotatable bonds is 11. The molecule has 3 aromatic carbocycles. The third-order valence-corrected chi connectivity index (χ3v) is 9.28. The van der Waals surface area contributed by atoms with Crippen LogP contribution in [-0.2, 0) is 25.5 Å². The molecule has 2 amide bonds. The second-order valence-corrected chi connectivity index (χ2v) is 12.8. The summed E-state index contributed by atoms with van der Waals surface area (Å²) in [5.41, 5.74) is 9.16. The number of hydrogen-bond donors (Lipinski definition) is 1. The zero-order valence-electron chi connectivity index (χ0n) is 27.7. The molecule has 5 rings (SSSR count). The monoisotopic (exact) mass is 646 g/mol. The molecular weight excluding hydrogens is 600 g/mol. The van der Waals surface area contributed by atoms with Gasteiger partial charge in [0, 0.05) is 66.9 Å². The summed E-state index contributed by atoms with van der Waals surface area (Å²) in [5, 5.41) is 3.74. The number of benzene rings is 3. The molecule has 9 heteroatoms. The molecule has 3 aromatic rings. The Morgan fingerprint density at radius 3 is 1.85 bits per heavy atom. The van der Waals surface area contributed by atoms with Crippen molar-refractivity contribution in [1.29, 1.82) is 0 Å². The first-order valence-corrected chi connectivity index (χ1v) is 16.8. The lowest BCUT2D eigenvalue weighted by Gasteiger charge is -2.32. The molecule has 2 aliphatic rings. The van der Waals surface area contributed by atoms with E-state index in [9.17, 15) is 9.59 Å². The molecule has 0 radical (unpaired) electrons. The fourth-order valence-electron chi connectivity index (χ4n) is 6.52. The lowest BCUT2D eigenvalue weighted by atomic mass is 10.0. The highest BCUT2D eigenvalue weighted by Crippen LogP contribution is 2.32. The van der Waals surface area contributed by atoms with Crippen molar-refractivity contribution in [3.63, 3.8) is 0 Å². The largest absolute Gasteiger partial charge is 0.378 e. The summed E-state index contributed by atoms with van der Waals surface area (Å²) in [5.74, 6) is -0.0176. The average molecular weight is 647 g/mol. The van der Waals surface area contributed by atoms with Crippen molar-refractivity contribution >= 4 is 46.2 Å². The number of aryl methyl sites for hydroxylation is 4. The number of morpholine rings is 2. The number of amides is 2. The van der Waals surface area contributed by atoms with Gasteiger partial charge in [0.05, 0.1) is 32.8 Å². The molecule has 2 saturated heterocycles. The van der Waals surface area contributed by atoms with Crippen molar-refractivity contribution in [1.82, 2.24) is 0 Å². The summed E-state index contributed by atoms with van der Waals surface area (Å²) in [6.07, 6.45) is 1.95. The Morgan fingerprint density at radius 1 is 0.783 bits per heavy atom. The van der Waals surface area contributed by atoms with Crippen molar-refractivity contribution in [3.05, 3.63) is 81.4 Å². The average Bonchev–Trinajstić information content (AvgIpc) is 3.05. The van der Waals surface area contributed by atoms with Gasteiger partial charge in [0.15, 0.2) is 0 Å². The predicted octanol–water partition coefficient (Wildman–Crippen LogP) is 6.63. The molecule has 2 fully saturated rings. The molecule has 2 aliphatic heterocycles. The first kappa shape index (κ1) is 33.8. The van der Waals surface area contributed by atoms with E-state index in [2.05, 4.69) is 53.2 Å². The first-order chi connectivity index (χ1) is 22.2. The van der Waals surface area contributed by atoms with Crippen LogP contribution in [0.4, 0.5) is 22.7 Å². The number of carbonyl (C=O) groups excluding carboxylic acids is 2. The Labute approximate surface area is 278 Å². The van der Waals surface area contributed by atoms with E-state index in [0.717, 1.165) is 97.5 Å². The van der Waals surface area contributed by atoms with Gasteiger partial charge in [0.1, 0.15) is 0 Å². The number of hydrogen-bond acceptors (Lipinski definition) is 6. The second-order valence-electron chi connectivity index (χ2n) is 12.4. The molecular formula is C37H47ClN4O4. The highest BCUT2D eigenvalue weighted by molar-refractivity contribution is 6.31. The van der Waals surface area contributed by atoms with Crippen molar-refractivity contribution in [2.45, 2.75) is 53.4 Å². The highest BCUT2D eigenvalue weighted by Gasteiger charge is 2.23. The third-order valence-electron chi connectivity index (χ3n) is 8.92. The van der Waals surface area contributed by atoms with Crippen LogP contribution in [-0.4, -0.2) is 71.0 Å². The summed E-state index contributed by atoms with van der Waals surface area (Å²) in [4.78, 5) is 33.5. The maximum Gasteiger partial charge on any atom is 0.231 e. The van der Waals surface area contributed by atoms with Crippen LogP contribution in [0.1, 0.15) is 47.1 Å². The first-order valence-electron chi connectivity index (χ1n) is 16.4. The van der Waals surface area contributed by atoms with Crippen molar-refractivity contribution in [2.24, 2.45) is 0 Å². The van der Waals surface area contributed by atoms with Crippen LogP contribution in [0, 0.1) is 27.7 Å². The molecule has 0 unspecified atom stereocenters. The lowest BCUT2D eigenvalue weighted by molar-refractivity contribution is -0.118. The van der Waals surface area contributed by atoms with Crippen LogP contribution in [0.5, 0.6) is 0 Å². The maximum absolute atomic E-state index is 13.9. The van der Waals surface area contributed by atoms with E-state index >= 15 is 0 Å². The van der Waals surface area contributed by atoms with Gasteiger partial charge in [-0.1, -0.05) is 29.8 Å². The number of halogens is 1. The van der Waals surface area contributed by atoms with Gasteiger partial charge in [-0.2, -0.15) is 0 Å². The lowest BCUT2D eigenvalue weighted by Crippen LogP contribution is -2.37. The topological polar surface area (TPSA) is 74.4 Å². The number of anilines is 4. The smallest absolute Gasteiger partial charge is 0.231 e. The number of carbonyl (C=O) groups is 2. The molecule has 46 heavy (non-hydrogen) atoms. The predicted molar refractivity (Wildman–Crippen MR) is 188 cm³/mol. The van der Waals surface area contributed by atoms with Gasteiger partial charge in [0.2, 0.25) is 11.8 Å². The van der Waals surface area contributed by atoms with Crippen molar-refractivity contribution < 1.29 is 19.1 Å². The molecule has 8 nitrogen and oxygen atoms in total. The van der Waals surface area contributed by atoms with Crippen LogP contribution in [0.2, 0.25) is 5.02 Å². The number of ether oxygens (including phenoxy) is 2. The number of nitrogens with one attached hydrogen (secondary N) is 1. The quantitative estimate of drug-likeness (QED) is 0.236. The van der Waals surface area contributed by atoms with Crippen LogP contribution in [0.15, 0.2) is 48.5 Å². The van der Waals surface area contributed by atoms with E-state index in [0.29, 0.717) is 30.8 Å². The van der Waals surface area contributed by atoms with Gasteiger partial charge in [-0.3, -0.25) is 9.59 Å². The molecule has 0 saturated carbocycles. The Hall–Kier alpha value is -3.59. The molecule has 0 spiro atoms. The second kappa shape index (κ2) is 15.8. The molecule has 2 heterocycles. The van der Waals surface area contributed by atoms with Crippen molar-refractivity contribution in [2.75, 3.05) is 79.2 Å². The summed E-state index contributed by atoms with van der Waals surface area (Å²) >= 11 is 6.45. The summed E-state index contributed by atoms with van der Waals surface area (Å²) < 4.78 is 11.0. The molecule has 1 N–H and O–H groups in total. The molecule has 246 valence electrons. The SMILES string of the molecule is Cc1cc(N2CCOCC2)cc(C)c1NC(=O)CCCCN(C(=O)Cc1ccccc1Cl)c1c(C)cc(N2CCOCC2)cc1C. The summed E-state index contributed by atoms with van der Waals surface area (Å²) in [6.45, 7) is 15.1. The summed E-state index contributed by atoms with van der Waals surface area (Å²) in [6, 6.07) is 16.1. The fraction of sp³-hybridized carbons (Fsp3) is 0.459. The van der Waals surface area contributed by atoms with Crippen LogP contribution in [0.3, 0.4) is 0 Å². The minimum absolute atomic E-state index is 0.00511. The van der Waals surface area contributed by atoms with Gasteiger partial charge < -0.3 is 29.5 Å². The third kappa shape index (κ3) is 8.41. The Kier molecular flexibility index (Phi) is 11.6. The normalized spacial score (nSPS) is 15.2. The zero-order chi connectivity index (χ0) is 32.6. The van der Waals surface area contributed by atoms with Gasteiger partial charge >= 0.3 is 0 Å². The van der Waals surface area contributed by atoms with Gasteiger partial charge in [0.25, 0.3) is 0 Å². The Morgan fingerprint density at radius 2 is 1.30 bits per heavy atom. The Balaban J connectivity index is 1.25. The van der Waals surface area contributed by atoms with E-state index in [1.54, 1.807) is 0 Å². The Bertz CT molecular complexity index is 1490. The van der Waals surface area contributed by atoms with Gasteiger partial charge in [-0.15, -0.1) is 0 Å². The molecule has 0 bridgehead atoms. The van der Waals surface area contributed by atoms with E-state index in [-0.39, 0.29) is 18.2 Å². The van der Waals surface area contributed by atoms with E-state index in [1.165, 1.54) is 5.69 Å². The van der Waals surface area contributed by atoms with Gasteiger partial charge in [-0.05, 0) is 98.7 Å². The van der Waals surface area contributed by atoms with Crippen molar-refractivity contribution in [3.8, 4) is 0 Å². The van der Waals surface area contributed by atoms with Crippen LogP contribution < -0.4 is 20.0 Å². The fourth-order valence-corrected chi connectivity index (χ4v) is 6.73. The van der Waals surface area contributed by atoms with E-state index in [4.69, 9.17) is 21.1 Å². The number of nitrogens with zero attached hydrogens (tertiary/aromatic N) is 3. The molecule has 0 atom stereocenters. The highest BCUT2D eigenvalue weighted by atomic mass is 35.5. The van der Waals surface area contributed by atoms with Gasteiger partial charge in [-0.25, -0.2) is 0 Å². The van der Waals surface area contributed by atoms with Crippen LogP contribution >= 0.6 is 11.6 Å². The van der Waals surface area contributed by atoms with E-state index in [1.807, 2.05) is 43.0 Å². The van der Waals surface area contributed by atoms with Crippen LogP contribution in [0.25, 0.3) is 0 Å². The molecule has 0 aromatic heterocycles. The zero-order valence-corrected chi connectivity index (χ0v) is 28.4. The minimum atomic E-state index is -0.0125. The van der Waals surface area contributed by atoms with E-state index < -0.39 is 0 Å². The standard InChI is InChI=1S/C37H47ClN4O4/c1-26-21-31(40-13-17-45-18-14-40)22-27(2)36(26)39-34(43)11-7-8-12-42(35(44)25-30-9-5-6-10-33(30)38)37-28(3)23-32(24-29(37)4)41-15-19-46-20-16-41/h5-6,9-10,21-24H,7-8,11-20,25H2,1-4H3,(H,39,43). The molecule has 0 aliphatic carbocycles. The number of unbranched alkanes of at least 4 members (excludes halogenated alkanes) is 1.